The van der Waals surface area contributed by atoms with Crippen LogP contribution in [0.5, 0.6) is 0 Å². The van der Waals surface area contributed by atoms with E-state index < -0.39 is 0 Å². The van der Waals surface area contributed by atoms with Crippen LogP contribution in [0, 0.1) is 11.8 Å². The Hall–Kier alpha value is 0.0225. The van der Waals surface area contributed by atoms with Gasteiger partial charge in [0.25, 0.3) is 0 Å². The zero-order valence-electron chi connectivity index (χ0n) is 7.77. The molecule has 2 heteroatoms. The quantitative estimate of drug-likeness (QED) is 0.338. The van der Waals surface area contributed by atoms with Crippen LogP contribution in [0.1, 0.15) is 39.5 Å². The second-order valence-corrected chi connectivity index (χ2v) is 4.31. The summed E-state index contributed by atoms with van der Waals surface area (Å²) < 4.78 is 0. The average Bonchev–Trinajstić information content (AvgIpc) is 2.08. The Morgan fingerprint density at radius 2 is 1.36 bits per heavy atom. The molecular weight excluding hydrogens is 149 g/mol. The SMILES string of the molecule is CCC[CH2][Al+][CH2]CCC.[C-]#N. The van der Waals surface area contributed by atoms with E-state index in [2.05, 4.69) is 13.8 Å². The molecule has 0 N–H and O–H groups in total. The molecule has 0 unspecified atom stereocenters. The fraction of sp³-hybridized carbons (Fsp3) is 0.889. The van der Waals surface area contributed by atoms with Crippen molar-refractivity contribution in [3.8, 4) is 0 Å². The Kier molecular flexibility index (Phi) is 20.5. The maximum Gasteiger partial charge on any atom is -0.488 e. The van der Waals surface area contributed by atoms with E-state index in [9.17, 15) is 0 Å². The third-order valence-corrected chi connectivity index (χ3v) is 3.16. The van der Waals surface area contributed by atoms with Crippen LogP contribution in [-0.4, -0.2) is 15.2 Å². The van der Waals surface area contributed by atoms with Crippen molar-refractivity contribution in [1.29, 1.82) is 5.26 Å². The van der Waals surface area contributed by atoms with Crippen LogP contribution in [-0.2, 0) is 0 Å². The minimum absolute atomic E-state index is 0.818. The third-order valence-electron chi connectivity index (χ3n) is 1.52. The summed E-state index contributed by atoms with van der Waals surface area (Å²) in [6.45, 7) is 9.30. The normalized spacial score (nSPS) is 7.64. The monoisotopic (exact) mass is 167 g/mol. The number of nitrogens with zero attached hydrogens (tertiary/aromatic N) is 1. The molecule has 0 aliphatic heterocycles. The van der Waals surface area contributed by atoms with Crippen LogP contribution in [0.2, 0.25) is 10.6 Å². The molecule has 11 heavy (non-hydrogen) atoms. The van der Waals surface area contributed by atoms with Gasteiger partial charge in [0.15, 0.2) is 0 Å². The summed E-state index contributed by atoms with van der Waals surface area (Å²) in [4.78, 5) is 0. The van der Waals surface area contributed by atoms with Gasteiger partial charge >= 0.3 is 65.3 Å². The van der Waals surface area contributed by atoms with E-state index in [1.165, 1.54) is 36.2 Å². The largest absolute Gasteiger partial charge is 0.512 e. The summed E-state index contributed by atoms with van der Waals surface area (Å²) in [5, 5.41) is 9.33. The summed E-state index contributed by atoms with van der Waals surface area (Å²) in [7, 11) is 0. The Labute approximate surface area is 77.5 Å². The van der Waals surface area contributed by atoms with E-state index in [0.717, 1.165) is 15.2 Å². The number of hydrogen-bond acceptors (Lipinski definition) is 1. The molecule has 0 spiro atoms. The smallest absolute Gasteiger partial charge is 0.488 e. The topological polar surface area (TPSA) is 23.8 Å². The van der Waals surface area contributed by atoms with Gasteiger partial charge in [-0.05, 0) is 0 Å². The first-order valence-corrected chi connectivity index (χ1v) is 6.09. The van der Waals surface area contributed by atoms with E-state index >= 15 is 0 Å². The minimum Gasteiger partial charge on any atom is -0.512 e. The standard InChI is InChI=1S/2C4H9.CN.Al/c2*1-3-4-2;1-2;/h2*1,3-4H2,2H3;;/q;;-1;+1. The molecule has 0 aromatic carbocycles. The van der Waals surface area contributed by atoms with Crippen LogP contribution in [0.15, 0.2) is 0 Å². The summed E-state index contributed by atoms with van der Waals surface area (Å²) in [5.41, 5.74) is 0. The summed E-state index contributed by atoms with van der Waals surface area (Å²) in [6.07, 6.45) is 5.72. The Morgan fingerprint density at radius 3 is 1.64 bits per heavy atom. The first kappa shape index (κ1) is 13.6. The van der Waals surface area contributed by atoms with Gasteiger partial charge in [-0.2, -0.15) is 0 Å². The Balaban J connectivity index is 0. The van der Waals surface area contributed by atoms with E-state index in [1.807, 2.05) is 0 Å². The number of unbranched alkanes of at least 4 members (excludes halogenated alkanes) is 2. The number of rotatable bonds is 6. The summed E-state index contributed by atoms with van der Waals surface area (Å²) in [5.74, 6) is 0. The molecule has 0 radical (unpaired) electrons. The third kappa shape index (κ3) is 17.8. The molecule has 0 heterocycles. The van der Waals surface area contributed by atoms with Gasteiger partial charge < -0.3 is 11.8 Å². The predicted octanol–water partition coefficient (Wildman–Crippen LogP) is 3.22. The van der Waals surface area contributed by atoms with Crippen molar-refractivity contribution in [2.24, 2.45) is 0 Å². The van der Waals surface area contributed by atoms with Crippen LogP contribution >= 0.6 is 0 Å². The molecule has 0 saturated heterocycles. The zero-order valence-corrected chi connectivity index (χ0v) is 8.92. The van der Waals surface area contributed by atoms with Crippen LogP contribution in [0.3, 0.4) is 0 Å². The van der Waals surface area contributed by atoms with Gasteiger partial charge in [0.2, 0.25) is 0 Å². The molecule has 0 atom stereocenters. The van der Waals surface area contributed by atoms with Crippen molar-refractivity contribution >= 4 is 15.2 Å². The molecule has 0 fully saturated rings. The zero-order chi connectivity index (χ0) is 8.95. The maximum absolute atomic E-state index is 6.25. The van der Waals surface area contributed by atoms with Crippen molar-refractivity contribution in [3.05, 3.63) is 6.57 Å². The molecule has 1 nitrogen and oxygen atoms in total. The molecule has 62 valence electrons. The van der Waals surface area contributed by atoms with Crippen molar-refractivity contribution in [3.63, 3.8) is 0 Å². The summed E-state index contributed by atoms with van der Waals surface area (Å²) >= 11 is 0.818. The maximum atomic E-state index is 6.25. The molecule has 0 bridgehead atoms. The molecule has 0 amide bonds. The van der Waals surface area contributed by atoms with Crippen molar-refractivity contribution in [1.82, 2.24) is 0 Å². The molecule has 0 aromatic heterocycles. The average molecular weight is 167 g/mol. The van der Waals surface area contributed by atoms with Gasteiger partial charge in [-0.1, -0.05) is 0 Å². The van der Waals surface area contributed by atoms with Gasteiger partial charge in [-0.3, -0.25) is 0 Å². The van der Waals surface area contributed by atoms with Crippen molar-refractivity contribution in [2.45, 2.75) is 50.1 Å². The van der Waals surface area contributed by atoms with Gasteiger partial charge in [0.1, 0.15) is 0 Å². The van der Waals surface area contributed by atoms with Crippen molar-refractivity contribution in [2.75, 3.05) is 0 Å². The van der Waals surface area contributed by atoms with Crippen molar-refractivity contribution < 1.29 is 0 Å². The molecule has 0 rings (SSSR count). The first-order valence-electron chi connectivity index (χ1n) is 4.45. The van der Waals surface area contributed by atoms with E-state index in [4.69, 9.17) is 11.8 Å². The fourth-order valence-electron chi connectivity index (χ4n) is 0.841. The van der Waals surface area contributed by atoms with Gasteiger partial charge in [-0.15, -0.1) is 0 Å². The number of hydrogen-bond donors (Lipinski definition) is 0. The first-order chi connectivity index (χ1) is 5.41. The Bertz CT molecular complexity index is 65.2. The minimum atomic E-state index is 0.818. The van der Waals surface area contributed by atoms with Gasteiger partial charge in [0, 0.05) is 0 Å². The molecular formula is C9H18AlN. The van der Waals surface area contributed by atoms with E-state index in [-0.39, 0.29) is 0 Å². The molecule has 0 aromatic rings. The van der Waals surface area contributed by atoms with Crippen LogP contribution in [0.25, 0.3) is 0 Å². The second-order valence-electron chi connectivity index (χ2n) is 2.57. The van der Waals surface area contributed by atoms with Crippen LogP contribution < -0.4 is 0 Å². The van der Waals surface area contributed by atoms with Gasteiger partial charge in [0.05, 0.1) is 0 Å². The van der Waals surface area contributed by atoms with Gasteiger partial charge in [-0.25, -0.2) is 0 Å². The molecule has 0 aliphatic carbocycles. The Morgan fingerprint density at radius 1 is 1.00 bits per heavy atom. The second kappa shape index (κ2) is 16.5. The predicted molar refractivity (Wildman–Crippen MR) is 50.2 cm³/mol. The van der Waals surface area contributed by atoms with E-state index in [0.29, 0.717) is 0 Å². The molecule has 0 aliphatic rings. The fourth-order valence-corrected chi connectivity index (χ4v) is 2.52. The van der Waals surface area contributed by atoms with Crippen LogP contribution in [0.4, 0.5) is 0 Å². The molecule has 0 saturated carbocycles. The summed E-state index contributed by atoms with van der Waals surface area (Å²) in [6, 6.07) is 0. The van der Waals surface area contributed by atoms with E-state index in [1.54, 1.807) is 0 Å².